The van der Waals surface area contributed by atoms with Gasteiger partial charge in [-0.1, -0.05) is 23.7 Å². The van der Waals surface area contributed by atoms with Crippen LogP contribution in [-0.2, 0) is 13.1 Å². The lowest BCUT2D eigenvalue weighted by molar-refractivity contribution is -0.207. The maximum Gasteiger partial charge on any atom is 0.416 e. The predicted octanol–water partition coefficient (Wildman–Crippen LogP) is 3.54. The number of aliphatic hydroxyl groups excluding tert-OH is 1. The molecule has 2 atom stereocenters. The van der Waals surface area contributed by atoms with Crippen molar-refractivity contribution in [2.75, 3.05) is 6.54 Å². The topological polar surface area (TPSA) is 111 Å². The first-order valence-corrected chi connectivity index (χ1v) is 12.9. The average molecular weight is 576 g/mol. The van der Waals surface area contributed by atoms with Crippen molar-refractivity contribution in [3.05, 3.63) is 81.8 Å². The van der Waals surface area contributed by atoms with Gasteiger partial charge in [-0.25, -0.2) is 19.1 Å². The SMILES string of the molecule is CC1CCCN1C(=O)c1ccccc1-n1cnc(Cn2nc(-c3ccc(Cl)cc3)n(C[C@H](O)C(F)(F)F)c2=O)n1. The molecule has 1 N–H and O–H groups in total. The maximum atomic E-state index is 13.2. The molecule has 1 fully saturated rings. The number of carbonyl (C=O) groups excluding carboxylic acids is 1. The fraction of sp³-hybridized carbons (Fsp3) is 0.346. The van der Waals surface area contributed by atoms with Crippen molar-refractivity contribution in [3.63, 3.8) is 0 Å². The number of carbonyl (C=O) groups is 1. The van der Waals surface area contributed by atoms with E-state index in [1.54, 1.807) is 24.3 Å². The molecule has 2 aromatic heterocycles. The summed E-state index contributed by atoms with van der Waals surface area (Å²) >= 11 is 5.93. The number of benzene rings is 2. The number of amides is 1. The van der Waals surface area contributed by atoms with Crippen molar-refractivity contribution in [1.29, 1.82) is 0 Å². The Morgan fingerprint density at radius 1 is 1.15 bits per heavy atom. The van der Waals surface area contributed by atoms with E-state index in [0.717, 1.165) is 22.1 Å². The maximum absolute atomic E-state index is 13.2. The van der Waals surface area contributed by atoms with Crippen LogP contribution in [0.5, 0.6) is 0 Å². The van der Waals surface area contributed by atoms with E-state index in [-0.39, 0.29) is 30.1 Å². The molecule has 3 heterocycles. The van der Waals surface area contributed by atoms with Gasteiger partial charge in [0, 0.05) is 23.2 Å². The first-order valence-electron chi connectivity index (χ1n) is 12.5. The molecule has 1 aliphatic rings. The Balaban J connectivity index is 1.46. The van der Waals surface area contributed by atoms with Crippen LogP contribution < -0.4 is 5.69 Å². The molecule has 1 aliphatic heterocycles. The van der Waals surface area contributed by atoms with Gasteiger partial charge in [0.25, 0.3) is 5.91 Å². The number of likely N-dealkylation sites (tertiary alicyclic amines) is 1. The second-order valence-corrected chi connectivity index (χ2v) is 9.99. The molecule has 1 amide bonds. The molecular weight excluding hydrogens is 551 g/mol. The molecule has 40 heavy (non-hydrogen) atoms. The Hall–Kier alpha value is -3.97. The third kappa shape index (κ3) is 5.52. The molecule has 4 aromatic rings. The van der Waals surface area contributed by atoms with E-state index in [1.807, 2.05) is 11.8 Å². The summed E-state index contributed by atoms with van der Waals surface area (Å²) in [4.78, 5) is 32.4. The van der Waals surface area contributed by atoms with E-state index in [9.17, 15) is 27.9 Å². The third-order valence-corrected chi connectivity index (χ3v) is 7.04. The lowest BCUT2D eigenvalue weighted by atomic mass is 10.1. The largest absolute Gasteiger partial charge is 0.416 e. The van der Waals surface area contributed by atoms with Gasteiger partial charge in [-0.05, 0) is 56.2 Å². The number of nitrogens with zero attached hydrogens (tertiary/aromatic N) is 7. The fourth-order valence-corrected chi connectivity index (χ4v) is 4.79. The van der Waals surface area contributed by atoms with Crippen molar-refractivity contribution in [2.45, 2.75) is 51.2 Å². The monoisotopic (exact) mass is 575 g/mol. The van der Waals surface area contributed by atoms with E-state index in [0.29, 0.717) is 28.4 Å². The predicted molar refractivity (Wildman–Crippen MR) is 139 cm³/mol. The number of para-hydroxylation sites is 1. The highest BCUT2D eigenvalue weighted by molar-refractivity contribution is 6.30. The minimum Gasteiger partial charge on any atom is -0.382 e. The summed E-state index contributed by atoms with van der Waals surface area (Å²) in [6.07, 6.45) is -4.46. The van der Waals surface area contributed by atoms with E-state index in [2.05, 4.69) is 15.2 Å². The third-order valence-electron chi connectivity index (χ3n) is 6.78. The molecule has 10 nitrogen and oxygen atoms in total. The first-order chi connectivity index (χ1) is 19.0. The second kappa shape index (κ2) is 10.9. The number of aromatic nitrogens is 6. The van der Waals surface area contributed by atoms with Crippen molar-refractivity contribution in [3.8, 4) is 17.1 Å². The van der Waals surface area contributed by atoms with Gasteiger partial charge in [-0.2, -0.15) is 13.2 Å². The van der Waals surface area contributed by atoms with Gasteiger partial charge in [0.1, 0.15) is 12.9 Å². The van der Waals surface area contributed by atoms with E-state index >= 15 is 0 Å². The molecule has 210 valence electrons. The fourth-order valence-electron chi connectivity index (χ4n) is 4.66. The zero-order valence-corrected chi connectivity index (χ0v) is 22.0. The molecule has 0 saturated carbocycles. The van der Waals surface area contributed by atoms with Crippen LogP contribution in [0, 0.1) is 0 Å². The number of aliphatic hydroxyl groups is 1. The van der Waals surface area contributed by atoms with Crippen molar-refractivity contribution >= 4 is 17.5 Å². The second-order valence-electron chi connectivity index (χ2n) is 9.55. The highest BCUT2D eigenvalue weighted by atomic mass is 35.5. The molecule has 0 radical (unpaired) electrons. The van der Waals surface area contributed by atoms with Gasteiger partial charge in [-0.15, -0.1) is 10.2 Å². The summed E-state index contributed by atoms with van der Waals surface area (Å²) in [5.41, 5.74) is 0.388. The zero-order valence-electron chi connectivity index (χ0n) is 21.3. The summed E-state index contributed by atoms with van der Waals surface area (Å²) in [6.45, 7) is 1.36. The quantitative estimate of drug-likeness (QED) is 0.361. The Kier molecular flexibility index (Phi) is 7.51. The molecule has 1 saturated heterocycles. The summed E-state index contributed by atoms with van der Waals surface area (Å²) in [5.74, 6) is -0.0638. The van der Waals surface area contributed by atoms with Gasteiger partial charge in [0.15, 0.2) is 17.8 Å². The summed E-state index contributed by atoms with van der Waals surface area (Å²) in [7, 11) is 0. The highest BCUT2D eigenvalue weighted by Gasteiger charge is 2.39. The number of hydrogen-bond acceptors (Lipinski definition) is 6. The standard InChI is InChI=1S/C26H25ClF3N7O3/c1-16-5-4-12-34(16)24(39)19-6-2-3-7-20(19)37-15-31-22(32-37)14-36-25(40)35(13-21(38)26(28,29)30)23(33-36)17-8-10-18(27)11-9-17/h2-3,6-11,15-16,21,38H,4-5,12-14H2,1H3/t16?,21-/m0/s1. The van der Waals surface area contributed by atoms with Gasteiger partial charge in [-0.3, -0.25) is 9.36 Å². The number of rotatable bonds is 7. The van der Waals surface area contributed by atoms with Gasteiger partial charge in [0.05, 0.1) is 17.8 Å². The van der Waals surface area contributed by atoms with Crippen molar-refractivity contribution in [2.24, 2.45) is 0 Å². The van der Waals surface area contributed by atoms with Crippen LogP contribution in [0.3, 0.4) is 0 Å². The molecule has 0 bridgehead atoms. The van der Waals surface area contributed by atoms with E-state index in [4.69, 9.17) is 11.6 Å². The average Bonchev–Trinajstić information content (AvgIpc) is 3.64. The highest BCUT2D eigenvalue weighted by Crippen LogP contribution is 2.25. The normalized spacial score (nSPS) is 16.4. The van der Waals surface area contributed by atoms with Crippen molar-refractivity contribution < 1.29 is 23.1 Å². The van der Waals surface area contributed by atoms with Crippen LogP contribution >= 0.6 is 11.6 Å². The van der Waals surface area contributed by atoms with Crippen LogP contribution in [0.15, 0.2) is 59.7 Å². The van der Waals surface area contributed by atoms with Crippen LogP contribution in [0.1, 0.15) is 35.9 Å². The molecule has 0 aliphatic carbocycles. The number of halogens is 4. The van der Waals surface area contributed by atoms with Crippen LogP contribution in [0.25, 0.3) is 17.1 Å². The molecular formula is C26H25ClF3N7O3. The smallest absolute Gasteiger partial charge is 0.382 e. The zero-order chi connectivity index (χ0) is 28.6. The van der Waals surface area contributed by atoms with Crippen LogP contribution in [0.4, 0.5) is 13.2 Å². The Morgan fingerprint density at radius 3 is 2.55 bits per heavy atom. The van der Waals surface area contributed by atoms with E-state index in [1.165, 1.54) is 35.3 Å². The molecule has 14 heteroatoms. The van der Waals surface area contributed by atoms with Gasteiger partial charge >= 0.3 is 11.9 Å². The van der Waals surface area contributed by atoms with E-state index < -0.39 is 24.5 Å². The van der Waals surface area contributed by atoms with Crippen LogP contribution in [0.2, 0.25) is 5.02 Å². The summed E-state index contributed by atoms with van der Waals surface area (Å²) in [6, 6.07) is 13.1. The minimum absolute atomic E-state index is 0.0833. The Bertz CT molecular complexity index is 1580. The van der Waals surface area contributed by atoms with Gasteiger partial charge in [0.2, 0.25) is 0 Å². The summed E-state index contributed by atoms with van der Waals surface area (Å²) < 4.78 is 42.5. The number of alkyl halides is 3. The van der Waals surface area contributed by atoms with Crippen molar-refractivity contribution in [1.82, 2.24) is 34.0 Å². The molecule has 0 spiro atoms. The summed E-state index contributed by atoms with van der Waals surface area (Å²) in [5, 5.41) is 18.7. The van der Waals surface area contributed by atoms with Gasteiger partial charge < -0.3 is 10.0 Å². The number of hydrogen-bond donors (Lipinski definition) is 1. The Labute approximate surface area is 231 Å². The lowest BCUT2D eigenvalue weighted by Crippen LogP contribution is -2.37. The first kappa shape index (κ1) is 27.6. The lowest BCUT2D eigenvalue weighted by Gasteiger charge is -2.22. The molecule has 5 rings (SSSR count). The Morgan fingerprint density at radius 2 is 1.88 bits per heavy atom. The van der Waals surface area contributed by atoms with Crippen LogP contribution in [-0.4, -0.2) is 69.9 Å². The molecule has 2 aromatic carbocycles. The molecule has 1 unspecified atom stereocenters. The minimum atomic E-state index is -4.93.